The molecule has 0 aromatic heterocycles. The number of carboxylic acid groups (broad SMARTS) is 1. The number of nitrogens with two attached hydrogens (primary N) is 1. The highest BCUT2D eigenvalue weighted by Gasteiger charge is 2.23. The second-order valence-corrected chi connectivity index (χ2v) is 5.79. The Labute approximate surface area is 153 Å². The molecule has 0 aliphatic carbocycles. The molecule has 0 rings (SSSR count). The molecule has 12 heteroatoms. The monoisotopic (exact) mass is 395 g/mol. The highest BCUT2D eigenvalue weighted by molar-refractivity contribution is 8.02. The van der Waals surface area contributed by atoms with Crippen LogP contribution in [0.4, 0.5) is 0 Å². The second kappa shape index (κ2) is 12.4. The van der Waals surface area contributed by atoms with Crippen molar-refractivity contribution in [3.05, 3.63) is 11.2 Å². The van der Waals surface area contributed by atoms with E-state index >= 15 is 0 Å². The molecule has 0 aromatic carbocycles. The number of hydrogen-bond donors (Lipinski definition) is 6. The van der Waals surface area contributed by atoms with Crippen molar-refractivity contribution in [2.45, 2.75) is 19.0 Å². The lowest BCUT2D eigenvalue weighted by Gasteiger charge is -2.19. The average Bonchev–Trinajstić information content (AvgIpc) is 2.57. The number of thioether (sulfide) groups is 1. The van der Waals surface area contributed by atoms with E-state index in [1.165, 1.54) is 0 Å². The Kier molecular flexibility index (Phi) is 11.5. The molecule has 2 unspecified atom stereocenters. The Morgan fingerprint density at radius 1 is 1.28 bits per heavy atom. The van der Waals surface area contributed by atoms with Crippen LogP contribution in [0.3, 0.4) is 0 Å². The van der Waals surface area contributed by atoms with Gasteiger partial charge in [0.25, 0.3) is 0 Å². The van der Waals surface area contributed by atoms with E-state index < -0.39 is 48.1 Å². The third kappa shape index (κ3) is 9.84. The SMILES string of the molecule is CCOC(=O)C(O)=CSCC(NC(=O)C(N)CS)C(=O)NCC(=O)O. The molecule has 2 amide bonds. The number of carbonyl (C=O) groups is 4. The number of carboxylic acids is 1. The van der Waals surface area contributed by atoms with Crippen molar-refractivity contribution in [2.75, 3.05) is 24.7 Å². The van der Waals surface area contributed by atoms with Crippen molar-refractivity contribution in [2.24, 2.45) is 5.73 Å². The van der Waals surface area contributed by atoms with Gasteiger partial charge in [0.15, 0.2) is 0 Å². The largest absolute Gasteiger partial charge is 0.501 e. The van der Waals surface area contributed by atoms with Gasteiger partial charge in [0, 0.05) is 16.9 Å². The fraction of sp³-hybridized carbons (Fsp3) is 0.538. The summed E-state index contributed by atoms with van der Waals surface area (Å²) in [6, 6.07) is -2.08. The zero-order valence-electron chi connectivity index (χ0n) is 13.4. The van der Waals surface area contributed by atoms with Gasteiger partial charge < -0.3 is 31.3 Å². The molecule has 0 bridgehead atoms. The molecule has 0 fully saturated rings. The molecule has 0 saturated carbocycles. The van der Waals surface area contributed by atoms with Crippen molar-refractivity contribution in [3.8, 4) is 0 Å². The maximum absolute atomic E-state index is 12.0. The minimum absolute atomic E-state index is 0.0476. The highest BCUT2D eigenvalue weighted by atomic mass is 32.2. The summed E-state index contributed by atoms with van der Waals surface area (Å²) >= 11 is 4.73. The van der Waals surface area contributed by atoms with E-state index in [1.54, 1.807) is 6.92 Å². The summed E-state index contributed by atoms with van der Waals surface area (Å²) in [4.78, 5) is 45.5. The summed E-state index contributed by atoms with van der Waals surface area (Å²) in [5.41, 5.74) is 5.50. The van der Waals surface area contributed by atoms with E-state index in [9.17, 15) is 24.3 Å². The van der Waals surface area contributed by atoms with Gasteiger partial charge in [-0.3, -0.25) is 14.4 Å². The maximum atomic E-state index is 12.0. The van der Waals surface area contributed by atoms with Crippen LogP contribution in [-0.4, -0.2) is 70.7 Å². The molecule has 0 spiro atoms. The van der Waals surface area contributed by atoms with Crippen molar-refractivity contribution in [1.82, 2.24) is 10.6 Å². The molecular weight excluding hydrogens is 374 g/mol. The van der Waals surface area contributed by atoms with Gasteiger partial charge in [-0.15, -0.1) is 11.8 Å². The quantitative estimate of drug-likeness (QED) is 0.107. The summed E-state index contributed by atoms with van der Waals surface area (Å²) in [5.74, 6) is -4.27. The van der Waals surface area contributed by atoms with Crippen LogP contribution in [-0.2, 0) is 23.9 Å². The highest BCUT2D eigenvalue weighted by Crippen LogP contribution is 2.09. The van der Waals surface area contributed by atoms with Crippen LogP contribution in [0, 0.1) is 0 Å². The number of aliphatic hydroxyl groups is 1. The lowest BCUT2D eigenvalue weighted by molar-refractivity contribution is -0.141. The third-order valence-corrected chi connectivity index (χ3v) is 3.83. The topological polar surface area (TPSA) is 168 Å². The first kappa shape index (κ1) is 23.1. The van der Waals surface area contributed by atoms with Gasteiger partial charge >= 0.3 is 11.9 Å². The number of rotatable bonds is 11. The normalized spacial score (nSPS) is 13.5. The molecule has 0 radical (unpaired) electrons. The summed E-state index contributed by atoms with van der Waals surface area (Å²) in [5, 5.41) is 23.6. The van der Waals surface area contributed by atoms with E-state index in [-0.39, 0.29) is 18.1 Å². The number of ether oxygens (including phenoxy) is 1. The standard InChI is InChI=1S/C13H21N3O7S2/c1-2-23-13(22)9(17)6-25-5-8(12(21)15-3-10(18)19)16-11(20)7(14)4-24/h6-8,17,24H,2-5,14H2,1H3,(H,15,21)(H,16,20)(H,18,19). The number of aliphatic hydroxyl groups excluding tert-OH is 1. The number of amides is 2. The Balaban J connectivity index is 4.85. The minimum atomic E-state index is -1.25. The predicted octanol–water partition coefficient (Wildman–Crippen LogP) is -1.38. The van der Waals surface area contributed by atoms with Crippen LogP contribution in [0.2, 0.25) is 0 Å². The molecule has 0 aliphatic rings. The minimum Gasteiger partial charge on any atom is -0.501 e. The summed E-state index contributed by atoms with van der Waals surface area (Å²) < 4.78 is 4.57. The van der Waals surface area contributed by atoms with Crippen LogP contribution >= 0.6 is 24.4 Å². The molecule has 0 heterocycles. The first-order valence-electron chi connectivity index (χ1n) is 7.07. The molecule has 142 valence electrons. The van der Waals surface area contributed by atoms with Crippen LogP contribution in [0.15, 0.2) is 11.2 Å². The smallest absolute Gasteiger partial charge is 0.373 e. The van der Waals surface area contributed by atoms with Crippen molar-refractivity contribution in [1.29, 1.82) is 0 Å². The van der Waals surface area contributed by atoms with Gasteiger partial charge in [0.2, 0.25) is 17.6 Å². The summed E-state index contributed by atoms with van der Waals surface area (Å²) in [6.07, 6.45) is 0. The van der Waals surface area contributed by atoms with Crippen molar-refractivity contribution >= 4 is 48.1 Å². The van der Waals surface area contributed by atoms with Crippen LogP contribution in [0.1, 0.15) is 6.92 Å². The Hall–Kier alpha value is -1.92. The lowest BCUT2D eigenvalue weighted by atomic mass is 10.2. The van der Waals surface area contributed by atoms with Crippen LogP contribution < -0.4 is 16.4 Å². The molecular formula is C13H21N3O7S2. The first-order valence-corrected chi connectivity index (χ1v) is 8.75. The molecule has 0 aromatic rings. The third-order valence-electron chi connectivity index (χ3n) is 2.52. The van der Waals surface area contributed by atoms with Crippen LogP contribution in [0.25, 0.3) is 0 Å². The van der Waals surface area contributed by atoms with E-state index in [4.69, 9.17) is 10.8 Å². The number of hydrogen-bond acceptors (Lipinski definition) is 9. The van der Waals surface area contributed by atoms with Crippen LogP contribution in [0.5, 0.6) is 0 Å². The molecule has 0 aliphatic heterocycles. The predicted molar refractivity (Wildman–Crippen MR) is 94.2 cm³/mol. The van der Waals surface area contributed by atoms with Crippen molar-refractivity contribution in [3.63, 3.8) is 0 Å². The van der Waals surface area contributed by atoms with Gasteiger partial charge in [-0.1, -0.05) is 0 Å². The Morgan fingerprint density at radius 3 is 2.44 bits per heavy atom. The average molecular weight is 395 g/mol. The zero-order valence-corrected chi connectivity index (χ0v) is 15.1. The number of aliphatic carboxylic acids is 1. The van der Waals surface area contributed by atoms with Gasteiger partial charge in [0.05, 0.1) is 12.6 Å². The van der Waals surface area contributed by atoms with E-state index in [1.807, 2.05) is 0 Å². The number of esters is 1. The summed E-state index contributed by atoms with van der Waals surface area (Å²) in [7, 11) is 0. The molecule has 2 atom stereocenters. The fourth-order valence-corrected chi connectivity index (χ4v) is 2.25. The number of nitrogens with one attached hydrogen (secondary N) is 2. The maximum Gasteiger partial charge on any atom is 0.373 e. The molecule has 0 saturated heterocycles. The van der Waals surface area contributed by atoms with Crippen molar-refractivity contribution < 1.29 is 34.1 Å². The number of carbonyl (C=O) groups excluding carboxylic acids is 3. The molecule has 10 nitrogen and oxygen atoms in total. The fourth-order valence-electron chi connectivity index (χ4n) is 1.31. The van der Waals surface area contributed by atoms with E-state index in [2.05, 4.69) is 28.0 Å². The molecule has 25 heavy (non-hydrogen) atoms. The van der Waals surface area contributed by atoms with Gasteiger partial charge in [-0.05, 0) is 6.92 Å². The second-order valence-electron chi connectivity index (χ2n) is 4.52. The Bertz CT molecular complexity index is 528. The van der Waals surface area contributed by atoms with Gasteiger partial charge in [-0.25, -0.2) is 4.79 Å². The van der Waals surface area contributed by atoms with E-state index in [0.29, 0.717) is 0 Å². The first-order chi connectivity index (χ1) is 11.7. The van der Waals surface area contributed by atoms with Gasteiger partial charge in [0.1, 0.15) is 12.6 Å². The Morgan fingerprint density at radius 2 is 1.92 bits per heavy atom. The van der Waals surface area contributed by atoms with E-state index in [0.717, 1.165) is 17.2 Å². The molecule has 6 N–H and O–H groups in total. The lowest BCUT2D eigenvalue weighted by Crippen LogP contribution is -2.53. The summed E-state index contributed by atoms with van der Waals surface area (Å²) in [6.45, 7) is 1.03. The van der Waals surface area contributed by atoms with Gasteiger partial charge in [-0.2, -0.15) is 12.6 Å². The number of thiol groups is 1. The zero-order chi connectivity index (χ0) is 19.4.